The Bertz CT molecular complexity index is 925. The highest BCUT2D eigenvalue weighted by Gasteiger charge is 2.15. The Balaban J connectivity index is 1.85. The maximum absolute atomic E-state index is 11.1. The number of anilines is 1. The smallest absolute Gasteiger partial charge is 0.335 e. The maximum atomic E-state index is 11.1. The van der Waals surface area contributed by atoms with E-state index in [0.29, 0.717) is 17.3 Å². The molecule has 0 radical (unpaired) electrons. The summed E-state index contributed by atoms with van der Waals surface area (Å²) in [6, 6.07) is 4.59. The van der Waals surface area contributed by atoms with E-state index in [1.807, 2.05) is 20.8 Å². The predicted molar refractivity (Wildman–Crippen MR) is 95.8 cm³/mol. The number of rotatable bonds is 5. The summed E-state index contributed by atoms with van der Waals surface area (Å²) in [6.45, 7) is 6.02. The van der Waals surface area contributed by atoms with Crippen LogP contribution < -0.4 is 5.32 Å². The Morgan fingerprint density at radius 3 is 2.60 bits per heavy atom. The lowest BCUT2D eigenvalue weighted by molar-refractivity contribution is 0.0697. The number of pyridine rings is 1. The minimum Gasteiger partial charge on any atom is -0.478 e. The molecule has 0 saturated heterocycles. The van der Waals surface area contributed by atoms with Gasteiger partial charge in [0.05, 0.1) is 33.7 Å². The van der Waals surface area contributed by atoms with Crippen molar-refractivity contribution in [1.82, 2.24) is 19.9 Å². The zero-order valence-corrected chi connectivity index (χ0v) is 14.8. The van der Waals surface area contributed by atoms with Crippen LogP contribution in [0.4, 0.5) is 5.95 Å². The number of aromatic carboxylic acids is 1. The second kappa shape index (κ2) is 6.94. The van der Waals surface area contributed by atoms with Crippen molar-refractivity contribution in [2.45, 2.75) is 26.8 Å². The molecule has 0 aliphatic carbocycles. The second-order valence-corrected chi connectivity index (χ2v) is 6.95. The zero-order valence-electron chi connectivity index (χ0n) is 14.0. The molecule has 0 bridgehead atoms. The highest BCUT2D eigenvalue weighted by atomic mass is 32.1. The summed E-state index contributed by atoms with van der Waals surface area (Å²) < 4.78 is 0. The number of carbonyl (C=O) groups is 1. The zero-order chi connectivity index (χ0) is 18.0. The third-order valence-electron chi connectivity index (χ3n) is 3.62. The number of aryl methyl sites for hydroxylation is 2. The highest BCUT2D eigenvalue weighted by molar-refractivity contribution is 7.11. The van der Waals surface area contributed by atoms with Gasteiger partial charge in [-0.25, -0.2) is 19.7 Å². The number of nitrogens with one attached hydrogen (secondary N) is 1. The SMILES string of the molecule is Cc1nc([C@H](C)Nc2nccc(-c3cc(C(=O)O)ccn3)n2)c(C)s1. The molecule has 0 unspecified atom stereocenters. The normalized spacial score (nSPS) is 12.0. The van der Waals surface area contributed by atoms with Crippen LogP contribution in [0.2, 0.25) is 0 Å². The Kier molecular flexibility index (Phi) is 4.71. The molecule has 0 aliphatic heterocycles. The molecule has 0 saturated carbocycles. The molecular weight excluding hydrogens is 338 g/mol. The van der Waals surface area contributed by atoms with E-state index in [1.165, 1.54) is 18.3 Å². The van der Waals surface area contributed by atoms with Gasteiger partial charge in [-0.1, -0.05) is 0 Å². The summed E-state index contributed by atoms with van der Waals surface area (Å²) in [5.74, 6) is -0.559. The van der Waals surface area contributed by atoms with Crippen molar-refractivity contribution in [2.24, 2.45) is 0 Å². The largest absolute Gasteiger partial charge is 0.478 e. The molecule has 25 heavy (non-hydrogen) atoms. The first-order valence-electron chi connectivity index (χ1n) is 7.67. The van der Waals surface area contributed by atoms with E-state index in [-0.39, 0.29) is 11.6 Å². The molecule has 0 amide bonds. The monoisotopic (exact) mass is 355 g/mol. The van der Waals surface area contributed by atoms with Crippen LogP contribution in [0, 0.1) is 13.8 Å². The number of nitrogens with zero attached hydrogens (tertiary/aromatic N) is 4. The Labute approximate surface area is 148 Å². The number of thiazole rings is 1. The molecule has 8 heteroatoms. The summed E-state index contributed by atoms with van der Waals surface area (Å²) >= 11 is 1.65. The van der Waals surface area contributed by atoms with Crippen LogP contribution in [0.15, 0.2) is 30.6 Å². The van der Waals surface area contributed by atoms with Crippen molar-refractivity contribution in [3.63, 3.8) is 0 Å². The lowest BCUT2D eigenvalue weighted by atomic mass is 10.2. The van der Waals surface area contributed by atoms with Crippen LogP contribution in [0.25, 0.3) is 11.4 Å². The van der Waals surface area contributed by atoms with E-state index < -0.39 is 5.97 Å². The number of carboxylic acids is 1. The molecule has 0 fully saturated rings. The number of aromatic nitrogens is 4. The standard InChI is InChI=1S/C17H17N5O2S/c1-9(15-10(2)25-11(3)21-15)20-17-19-7-5-13(22-17)14-8-12(16(23)24)4-6-18-14/h4-9H,1-3H3,(H,23,24)(H,19,20,22)/t9-/m0/s1. The van der Waals surface area contributed by atoms with Gasteiger partial charge < -0.3 is 10.4 Å². The molecule has 3 heterocycles. The lowest BCUT2D eigenvalue weighted by Crippen LogP contribution is -2.11. The molecule has 2 N–H and O–H groups in total. The predicted octanol–water partition coefficient (Wildman–Crippen LogP) is 3.48. The van der Waals surface area contributed by atoms with Crippen LogP contribution >= 0.6 is 11.3 Å². The Morgan fingerprint density at radius 1 is 1.16 bits per heavy atom. The molecule has 0 aliphatic rings. The van der Waals surface area contributed by atoms with Gasteiger partial charge in [-0.2, -0.15) is 0 Å². The third kappa shape index (κ3) is 3.80. The van der Waals surface area contributed by atoms with Gasteiger partial charge in [0.2, 0.25) is 5.95 Å². The average Bonchev–Trinajstić information content (AvgIpc) is 2.94. The van der Waals surface area contributed by atoms with E-state index in [2.05, 4.69) is 25.3 Å². The van der Waals surface area contributed by atoms with E-state index in [0.717, 1.165) is 15.6 Å². The van der Waals surface area contributed by atoms with Gasteiger partial charge in [0.1, 0.15) is 0 Å². The van der Waals surface area contributed by atoms with Crippen molar-refractivity contribution >= 4 is 23.3 Å². The van der Waals surface area contributed by atoms with Gasteiger partial charge in [-0.15, -0.1) is 11.3 Å². The van der Waals surface area contributed by atoms with Crippen LogP contribution in [0.1, 0.15) is 38.9 Å². The van der Waals surface area contributed by atoms with Crippen LogP contribution in [-0.2, 0) is 0 Å². The highest BCUT2D eigenvalue weighted by Crippen LogP contribution is 2.25. The Hall–Kier alpha value is -2.87. The minimum atomic E-state index is -1.00. The lowest BCUT2D eigenvalue weighted by Gasteiger charge is -2.13. The molecule has 3 aromatic heterocycles. The summed E-state index contributed by atoms with van der Waals surface area (Å²) in [7, 11) is 0. The molecule has 0 spiro atoms. The van der Waals surface area contributed by atoms with E-state index >= 15 is 0 Å². The average molecular weight is 355 g/mol. The van der Waals surface area contributed by atoms with Gasteiger partial charge >= 0.3 is 5.97 Å². The first-order chi connectivity index (χ1) is 11.9. The quantitative estimate of drug-likeness (QED) is 0.722. The molecule has 3 rings (SSSR count). The van der Waals surface area contributed by atoms with Gasteiger partial charge in [0.25, 0.3) is 0 Å². The number of hydrogen-bond donors (Lipinski definition) is 2. The summed E-state index contributed by atoms with van der Waals surface area (Å²) in [5, 5.41) is 13.4. The molecule has 7 nitrogen and oxygen atoms in total. The van der Waals surface area contributed by atoms with E-state index in [1.54, 1.807) is 23.6 Å². The topological polar surface area (TPSA) is 101 Å². The summed E-state index contributed by atoms with van der Waals surface area (Å²) in [6.07, 6.45) is 3.07. The third-order valence-corrected chi connectivity index (χ3v) is 4.52. The molecule has 3 aromatic rings. The van der Waals surface area contributed by atoms with E-state index in [4.69, 9.17) is 5.11 Å². The second-order valence-electron chi connectivity index (χ2n) is 5.54. The maximum Gasteiger partial charge on any atom is 0.335 e. The van der Waals surface area contributed by atoms with Gasteiger partial charge in [0, 0.05) is 17.3 Å². The van der Waals surface area contributed by atoms with Crippen molar-refractivity contribution < 1.29 is 9.90 Å². The van der Waals surface area contributed by atoms with Crippen molar-refractivity contribution in [3.05, 3.63) is 51.7 Å². The fraction of sp³-hybridized carbons (Fsp3) is 0.235. The minimum absolute atomic E-state index is 0.0430. The number of hydrogen-bond acceptors (Lipinski definition) is 7. The first-order valence-corrected chi connectivity index (χ1v) is 8.49. The van der Waals surface area contributed by atoms with E-state index in [9.17, 15) is 4.79 Å². The molecule has 128 valence electrons. The van der Waals surface area contributed by atoms with Crippen LogP contribution in [0.5, 0.6) is 0 Å². The fourth-order valence-corrected chi connectivity index (χ4v) is 3.40. The number of carboxylic acid groups (broad SMARTS) is 1. The fourth-order valence-electron chi connectivity index (χ4n) is 2.48. The van der Waals surface area contributed by atoms with Gasteiger partial charge in [-0.3, -0.25) is 4.98 Å². The Morgan fingerprint density at radius 2 is 1.92 bits per heavy atom. The van der Waals surface area contributed by atoms with Crippen molar-refractivity contribution in [3.8, 4) is 11.4 Å². The van der Waals surface area contributed by atoms with Crippen LogP contribution in [-0.4, -0.2) is 31.0 Å². The van der Waals surface area contributed by atoms with Gasteiger partial charge in [0.15, 0.2) is 0 Å². The van der Waals surface area contributed by atoms with Crippen molar-refractivity contribution in [2.75, 3.05) is 5.32 Å². The summed E-state index contributed by atoms with van der Waals surface area (Å²) in [4.78, 5) is 29.7. The van der Waals surface area contributed by atoms with Crippen LogP contribution in [0.3, 0.4) is 0 Å². The summed E-state index contributed by atoms with van der Waals surface area (Å²) in [5.41, 5.74) is 2.18. The van der Waals surface area contributed by atoms with Gasteiger partial charge in [-0.05, 0) is 39.0 Å². The molecule has 0 aromatic carbocycles. The van der Waals surface area contributed by atoms with Crippen molar-refractivity contribution in [1.29, 1.82) is 0 Å². The first kappa shape index (κ1) is 17.0. The molecule has 1 atom stereocenters. The molecular formula is C17H17N5O2S.